The first kappa shape index (κ1) is 14.7. The predicted octanol–water partition coefficient (Wildman–Crippen LogP) is 0.0473. The summed E-state index contributed by atoms with van der Waals surface area (Å²) in [5, 5.41) is 21.9. The molecule has 0 unspecified atom stereocenters. The number of aliphatic hydroxyl groups is 1. The molecule has 8 nitrogen and oxygen atoms in total. The Hall–Kier alpha value is -2.35. The maximum atomic E-state index is 11.4. The summed E-state index contributed by atoms with van der Waals surface area (Å²) in [5.74, 6) is -0.894. The lowest BCUT2D eigenvalue weighted by molar-refractivity contribution is -0.140. The first-order valence-corrected chi connectivity index (χ1v) is 5.56. The zero-order chi connectivity index (χ0) is 14.3. The molecular weight excluding hydrogens is 254 g/mol. The van der Waals surface area contributed by atoms with E-state index in [0.29, 0.717) is 18.2 Å². The molecule has 0 radical (unpaired) electrons. The number of carbonyl (C=O) groups is 2. The van der Waals surface area contributed by atoms with Crippen molar-refractivity contribution in [3.8, 4) is 5.88 Å². The van der Waals surface area contributed by atoms with E-state index in [1.165, 1.54) is 6.20 Å². The minimum Gasteiger partial charge on any atom is -0.480 e. The van der Waals surface area contributed by atoms with Gasteiger partial charge < -0.3 is 25.6 Å². The van der Waals surface area contributed by atoms with Gasteiger partial charge in [0.1, 0.15) is 0 Å². The number of amides is 2. The van der Waals surface area contributed by atoms with Crippen LogP contribution in [0, 0.1) is 0 Å². The molecule has 0 saturated carbocycles. The van der Waals surface area contributed by atoms with Crippen molar-refractivity contribution in [1.82, 2.24) is 10.3 Å². The Morgan fingerprint density at radius 2 is 2.21 bits per heavy atom. The third-order valence-corrected chi connectivity index (χ3v) is 2.07. The second-order valence-corrected chi connectivity index (χ2v) is 3.49. The maximum Gasteiger partial charge on any atom is 0.328 e. The van der Waals surface area contributed by atoms with Gasteiger partial charge in [0, 0.05) is 6.07 Å². The Kier molecular flexibility index (Phi) is 5.55. The lowest BCUT2D eigenvalue weighted by atomic mass is 10.3. The summed E-state index contributed by atoms with van der Waals surface area (Å²) in [7, 11) is 0. The molecular formula is C11H15N3O5. The molecule has 104 valence electrons. The van der Waals surface area contributed by atoms with Gasteiger partial charge in [-0.1, -0.05) is 0 Å². The lowest BCUT2D eigenvalue weighted by Crippen LogP contribution is -2.45. The number of carboxylic acid groups (broad SMARTS) is 1. The quantitative estimate of drug-likeness (QED) is 0.579. The number of ether oxygens (including phenoxy) is 1. The minimum absolute atomic E-state index is 0.378. The zero-order valence-electron chi connectivity index (χ0n) is 10.3. The number of hydrogen-bond donors (Lipinski definition) is 4. The number of anilines is 1. The van der Waals surface area contributed by atoms with Gasteiger partial charge in [-0.05, 0) is 13.0 Å². The summed E-state index contributed by atoms with van der Waals surface area (Å²) in [6.07, 6.45) is 1.37. The van der Waals surface area contributed by atoms with Crippen LogP contribution >= 0.6 is 0 Å². The third-order valence-electron chi connectivity index (χ3n) is 2.07. The van der Waals surface area contributed by atoms with E-state index in [0.717, 1.165) is 0 Å². The number of aliphatic hydroxyl groups excluding tert-OH is 1. The van der Waals surface area contributed by atoms with Crippen LogP contribution < -0.4 is 15.4 Å². The molecule has 0 spiro atoms. The molecule has 0 saturated heterocycles. The number of carboxylic acids is 1. The van der Waals surface area contributed by atoms with Gasteiger partial charge in [-0.2, -0.15) is 0 Å². The van der Waals surface area contributed by atoms with E-state index in [-0.39, 0.29) is 0 Å². The number of aromatic nitrogens is 1. The van der Waals surface area contributed by atoms with Crippen LogP contribution in [-0.2, 0) is 4.79 Å². The molecule has 4 N–H and O–H groups in total. The van der Waals surface area contributed by atoms with Gasteiger partial charge in [0.15, 0.2) is 6.04 Å². The molecule has 1 aromatic heterocycles. The molecule has 0 aromatic carbocycles. The van der Waals surface area contributed by atoms with Gasteiger partial charge in [-0.15, -0.1) is 0 Å². The molecule has 0 aliphatic carbocycles. The Bertz CT molecular complexity index is 434. The smallest absolute Gasteiger partial charge is 0.328 e. The number of aliphatic carboxylic acids is 1. The van der Waals surface area contributed by atoms with Crippen LogP contribution in [0.3, 0.4) is 0 Å². The van der Waals surface area contributed by atoms with Crippen LogP contribution in [0.15, 0.2) is 18.3 Å². The molecule has 0 aliphatic heterocycles. The predicted molar refractivity (Wildman–Crippen MR) is 66.1 cm³/mol. The van der Waals surface area contributed by atoms with Gasteiger partial charge in [0.25, 0.3) is 0 Å². The highest BCUT2D eigenvalue weighted by Gasteiger charge is 2.18. The summed E-state index contributed by atoms with van der Waals surface area (Å²) in [5.41, 5.74) is 0.378. The van der Waals surface area contributed by atoms with Crippen LogP contribution in [0.5, 0.6) is 5.88 Å². The zero-order valence-corrected chi connectivity index (χ0v) is 10.3. The molecule has 2 amide bonds. The molecule has 19 heavy (non-hydrogen) atoms. The summed E-state index contributed by atoms with van der Waals surface area (Å²) in [4.78, 5) is 26.0. The summed E-state index contributed by atoms with van der Waals surface area (Å²) in [6, 6.07) is 1.04. The van der Waals surface area contributed by atoms with Crippen molar-refractivity contribution < 1.29 is 24.5 Å². The Labute approximate surface area is 109 Å². The van der Waals surface area contributed by atoms with Crippen molar-refractivity contribution in [3.05, 3.63) is 18.3 Å². The van der Waals surface area contributed by atoms with E-state index in [9.17, 15) is 9.59 Å². The third kappa shape index (κ3) is 4.80. The van der Waals surface area contributed by atoms with Crippen molar-refractivity contribution in [1.29, 1.82) is 0 Å². The molecule has 8 heteroatoms. The Balaban J connectivity index is 2.54. The van der Waals surface area contributed by atoms with Crippen molar-refractivity contribution in [2.45, 2.75) is 13.0 Å². The van der Waals surface area contributed by atoms with E-state index in [2.05, 4.69) is 15.6 Å². The summed E-state index contributed by atoms with van der Waals surface area (Å²) < 4.78 is 5.13. The SMILES string of the molecule is CCOc1ccc(NC(=O)N[C@@H](CO)C(=O)O)cn1. The molecule has 1 heterocycles. The van der Waals surface area contributed by atoms with Gasteiger partial charge in [-0.25, -0.2) is 14.6 Å². The second-order valence-electron chi connectivity index (χ2n) is 3.49. The fraction of sp³-hybridized carbons (Fsp3) is 0.364. The standard InChI is InChI=1S/C11H15N3O5/c1-2-19-9-4-3-7(5-12-9)13-11(18)14-8(6-15)10(16)17/h3-5,8,15H,2,6H2,1H3,(H,16,17)(H2,13,14,18)/t8-/m0/s1. The van der Waals surface area contributed by atoms with E-state index >= 15 is 0 Å². The van der Waals surface area contributed by atoms with E-state index in [1.54, 1.807) is 12.1 Å². The second kappa shape index (κ2) is 7.17. The molecule has 1 atom stereocenters. The van der Waals surface area contributed by atoms with Crippen molar-refractivity contribution in [2.24, 2.45) is 0 Å². The van der Waals surface area contributed by atoms with Gasteiger partial charge in [-0.3, -0.25) is 0 Å². The van der Waals surface area contributed by atoms with Crippen LogP contribution in [0.25, 0.3) is 0 Å². The van der Waals surface area contributed by atoms with Crippen LogP contribution in [0.2, 0.25) is 0 Å². The fourth-order valence-electron chi connectivity index (χ4n) is 1.20. The number of hydrogen-bond acceptors (Lipinski definition) is 5. The maximum absolute atomic E-state index is 11.4. The van der Waals surface area contributed by atoms with Crippen molar-refractivity contribution >= 4 is 17.7 Å². The van der Waals surface area contributed by atoms with Gasteiger partial charge >= 0.3 is 12.0 Å². The largest absolute Gasteiger partial charge is 0.480 e. The molecule has 0 fully saturated rings. The molecule has 1 rings (SSSR count). The Morgan fingerprint density at radius 3 is 2.68 bits per heavy atom. The highest BCUT2D eigenvalue weighted by Crippen LogP contribution is 2.11. The van der Waals surface area contributed by atoms with Gasteiger partial charge in [0.2, 0.25) is 5.88 Å². The number of carbonyl (C=O) groups excluding carboxylic acids is 1. The molecule has 0 aliphatic rings. The highest BCUT2D eigenvalue weighted by molar-refractivity contribution is 5.92. The number of urea groups is 1. The number of nitrogens with one attached hydrogen (secondary N) is 2. The summed E-state index contributed by atoms with van der Waals surface area (Å²) >= 11 is 0. The van der Waals surface area contributed by atoms with Crippen LogP contribution in [0.1, 0.15) is 6.92 Å². The minimum atomic E-state index is -1.35. The van der Waals surface area contributed by atoms with E-state index < -0.39 is 24.6 Å². The van der Waals surface area contributed by atoms with Crippen LogP contribution in [-0.4, -0.2) is 46.5 Å². The van der Waals surface area contributed by atoms with Crippen molar-refractivity contribution in [2.75, 3.05) is 18.5 Å². The average Bonchev–Trinajstić information content (AvgIpc) is 2.38. The number of rotatable bonds is 6. The molecule has 0 bridgehead atoms. The average molecular weight is 269 g/mol. The monoisotopic (exact) mass is 269 g/mol. The topological polar surface area (TPSA) is 121 Å². The first-order chi connectivity index (χ1) is 9.06. The summed E-state index contributed by atoms with van der Waals surface area (Å²) in [6.45, 7) is 1.61. The number of nitrogens with zero attached hydrogens (tertiary/aromatic N) is 1. The first-order valence-electron chi connectivity index (χ1n) is 5.56. The lowest BCUT2D eigenvalue weighted by Gasteiger charge is -2.12. The van der Waals surface area contributed by atoms with Crippen LogP contribution in [0.4, 0.5) is 10.5 Å². The number of pyridine rings is 1. The molecule has 1 aromatic rings. The van der Waals surface area contributed by atoms with E-state index in [4.69, 9.17) is 14.9 Å². The normalized spacial score (nSPS) is 11.5. The highest BCUT2D eigenvalue weighted by atomic mass is 16.5. The van der Waals surface area contributed by atoms with Crippen molar-refractivity contribution in [3.63, 3.8) is 0 Å². The Morgan fingerprint density at radius 1 is 1.47 bits per heavy atom. The van der Waals surface area contributed by atoms with Gasteiger partial charge in [0.05, 0.1) is 25.1 Å². The fourth-order valence-corrected chi connectivity index (χ4v) is 1.20. The van der Waals surface area contributed by atoms with E-state index in [1.807, 2.05) is 6.92 Å².